The zero-order valence-corrected chi connectivity index (χ0v) is 11.1. The first-order valence-electron chi connectivity index (χ1n) is 6.11. The van der Waals surface area contributed by atoms with Crippen molar-refractivity contribution in [3.05, 3.63) is 30.1 Å². The van der Waals surface area contributed by atoms with Gasteiger partial charge in [-0.1, -0.05) is 6.42 Å². The van der Waals surface area contributed by atoms with E-state index in [4.69, 9.17) is 5.26 Å². The highest BCUT2D eigenvalue weighted by Crippen LogP contribution is 2.26. The molecule has 0 bridgehead atoms. The van der Waals surface area contributed by atoms with Gasteiger partial charge in [0.2, 0.25) is 0 Å². The topological polar surface area (TPSA) is 87.9 Å². The van der Waals surface area contributed by atoms with E-state index in [9.17, 15) is 13.2 Å². The molecule has 1 aliphatic rings. The van der Waals surface area contributed by atoms with Crippen LogP contribution in [0, 0.1) is 11.3 Å². The molecule has 1 aliphatic heterocycles. The van der Waals surface area contributed by atoms with E-state index < -0.39 is 26.8 Å². The molecule has 2 unspecified atom stereocenters. The summed E-state index contributed by atoms with van der Waals surface area (Å²) < 4.78 is 23.9. The molecule has 2 rings (SSSR count). The van der Waals surface area contributed by atoms with Crippen LogP contribution in [0.3, 0.4) is 0 Å². The number of aromatic nitrogens is 1. The molecule has 19 heavy (non-hydrogen) atoms. The highest BCUT2D eigenvalue weighted by Gasteiger charge is 2.38. The maximum atomic E-state index is 12.3. The Morgan fingerprint density at radius 1 is 1.37 bits per heavy atom. The van der Waals surface area contributed by atoms with Crippen LogP contribution in [-0.2, 0) is 14.6 Å². The van der Waals surface area contributed by atoms with Crippen LogP contribution in [0.25, 0.3) is 0 Å². The second-order valence-corrected chi connectivity index (χ2v) is 6.90. The lowest BCUT2D eigenvalue weighted by molar-refractivity contribution is -0.119. The highest BCUT2D eigenvalue weighted by atomic mass is 32.2. The van der Waals surface area contributed by atoms with Gasteiger partial charge in [0, 0.05) is 12.4 Å². The fourth-order valence-corrected chi connectivity index (χ4v) is 4.23. The second-order valence-electron chi connectivity index (χ2n) is 4.60. The summed E-state index contributed by atoms with van der Waals surface area (Å²) in [6.45, 7) is 0. The highest BCUT2D eigenvalue weighted by molar-refractivity contribution is 7.92. The largest absolute Gasteiger partial charge is 0.296 e. The Hall–Kier alpha value is -1.74. The summed E-state index contributed by atoms with van der Waals surface area (Å²) in [6.07, 6.45) is 4.61. The summed E-state index contributed by atoms with van der Waals surface area (Å²) in [4.78, 5) is 16.1. The van der Waals surface area contributed by atoms with Crippen molar-refractivity contribution in [3.63, 3.8) is 0 Å². The molecule has 5 nitrogen and oxygen atoms in total. The molecule has 0 spiro atoms. The molecule has 0 amide bonds. The van der Waals surface area contributed by atoms with E-state index in [-0.39, 0.29) is 5.75 Å². The monoisotopic (exact) mass is 278 g/mol. The van der Waals surface area contributed by atoms with E-state index in [2.05, 4.69) is 4.98 Å². The average Bonchev–Trinajstić information content (AvgIpc) is 2.40. The van der Waals surface area contributed by atoms with Crippen LogP contribution in [0.2, 0.25) is 0 Å². The number of pyridine rings is 1. The van der Waals surface area contributed by atoms with Crippen molar-refractivity contribution in [2.75, 3.05) is 5.75 Å². The second kappa shape index (κ2) is 5.49. The number of carbonyl (C=O) groups excluding carboxylic acids is 1. The molecular weight excluding hydrogens is 264 g/mol. The lowest BCUT2D eigenvalue weighted by atomic mass is 9.93. The number of nitrogens with zero attached hydrogens (tertiary/aromatic N) is 2. The third-order valence-electron chi connectivity index (χ3n) is 3.35. The molecule has 1 saturated heterocycles. The van der Waals surface area contributed by atoms with E-state index in [1.54, 1.807) is 12.1 Å². The van der Waals surface area contributed by atoms with Crippen molar-refractivity contribution in [3.8, 4) is 6.07 Å². The number of hydrogen-bond acceptors (Lipinski definition) is 5. The molecule has 0 aliphatic carbocycles. The summed E-state index contributed by atoms with van der Waals surface area (Å²) in [5.41, 5.74) is 0.503. The van der Waals surface area contributed by atoms with Gasteiger partial charge in [0.25, 0.3) is 0 Å². The Morgan fingerprint density at radius 2 is 2.05 bits per heavy atom. The quantitative estimate of drug-likeness (QED) is 0.829. The predicted octanol–water partition coefficient (Wildman–Crippen LogP) is 1.23. The summed E-state index contributed by atoms with van der Waals surface area (Å²) in [5, 5.41) is 8.14. The molecule has 1 aromatic heterocycles. The number of ketones is 1. The van der Waals surface area contributed by atoms with Crippen molar-refractivity contribution >= 4 is 15.6 Å². The third kappa shape index (κ3) is 2.82. The Kier molecular flexibility index (Phi) is 3.96. The van der Waals surface area contributed by atoms with Crippen molar-refractivity contribution in [2.45, 2.75) is 30.4 Å². The maximum Gasteiger partial charge on any atom is 0.172 e. The van der Waals surface area contributed by atoms with E-state index in [1.807, 2.05) is 6.07 Å². The van der Waals surface area contributed by atoms with Crippen LogP contribution in [0.5, 0.6) is 0 Å². The fraction of sp³-hybridized carbons (Fsp3) is 0.462. The SMILES string of the molecule is N#CC(C(=O)C1CCCCS1(=O)=O)c1ccncc1. The lowest BCUT2D eigenvalue weighted by Crippen LogP contribution is -2.38. The molecular formula is C13H14N2O3S. The van der Waals surface area contributed by atoms with Gasteiger partial charge in [-0.15, -0.1) is 0 Å². The van der Waals surface area contributed by atoms with E-state index in [0.717, 1.165) is 0 Å². The van der Waals surface area contributed by atoms with Crippen LogP contribution in [0.1, 0.15) is 30.7 Å². The molecule has 0 saturated carbocycles. The van der Waals surface area contributed by atoms with Gasteiger partial charge in [-0.05, 0) is 30.5 Å². The summed E-state index contributed by atoms with van der Waals surface area (Å²) in [6, 6.07) is 5.05. The van der Waals surface area contributed by atoms with Gasteiger partial charge in [-0.25, -0.2) is 8.42 Å². The van der Waals surface area contributed by atoms with Crippen molar-refractivity contribution in [1.82, 2.24) is 4.98 Å². The van der Waals surface area contributed by atoms with E-state index in [0.29, 0.717) is 24.8 Å². The van der Waals surface area contributed by atoms with Gasteiger partial charge >= 0.3 is 0 Å². The zero-order chi connectivity index (χ0) is 13.9. The molecule has 2 heterocycles. The maximum absolute atomic E-state index is 12.3. The molecule has 0 aromatic carbocycles. The fourth-order valence-electron chi connectivity index (χ4n) is 2.32. The lowest BCUT2D eigenvalue weighted by Gasteiger charge is -2.22. The van der Waals surface area contributed by atoms with Gasteiger partial charge < -0.3 is 0 Å². The zero-order valence-electron chi connectivity index (χ0n) is 10.3. The Morgan fingerprint density at radius 3 is 2.63 bits per heavy atom. The minimum Gasteiger partial charge on any atom is -0.296 e. The van der Waals surface area contributed by atoms with Crippen LogP contribution in [0.15, 0.2) is 24.5 Å². The Bertz CT molecular complexity index is 605. The van der Waals surface area contributed by atoms with Crippen molar-refractivity contribution < 1.29 is 13.2 Å². The standard InChI is InChI=1S/C13H14N2O3S/c14-9-11(10-4-6-15-7-5-10)13(16)12-3-1-2-8-19(12,17)18/h4-7,11-12H,1-3,8H2. The van der Waals surface area contributed by atoms with E-state index >= 15 is 0 Å². The first-order valence-corrected chi connectivity index (χ1v) is 7.82. The van der Waals surface area contributed by atoms with Gasteiger partial charge in [-0.3, -0.25) is 9.78 Å². The number of Topliss-reactive ketones (excluding diaryl/α,β-unsaturated/α-hetero) is 1. The minimum atomic E-state index is -3.40. The van der Waals surface area contributed by atoms with Gasteiger partial charge in [0.1, 0.15) is 11.2 Å². The number of nitriles is 1. The van der Waals surface area contributed by atoms with Crippen molar-refractivity contribution in [1.29, 1.82) is 5.26 Å². The smallest absolute Gasteiger partial charge is 0.172 e. The summed E-state index contributed by atoms with van der Waals surface area (Å²) >= 11 is 0. The number of sulfone groups is 1. The number of hydrogen-bond donors (Lipinski definition) is 0. The van der Waals surface area contributed by atoms with Crippen LogP contribution >= 0.6 is 0 Å². The van der Waals surface area contributed by atoms with Gasteiger partial charge in [0.15, 0.2) is 15.6 Å². The molecule has 6 heteroatoms. The molecule has 2 atom stereocenters. The molecule has 1 aromatic rings. The van der Waals surface area contributed by atoms with Crippen LogP contribution in [0.4, 0.5) is 0 Å². The Labute approximate surface area is 112 Å². The van der Waals surface area contributed by atoms with Crippen molar-refractivity contribution in [2.24, 2.45) is 0 Å². The normalized spacial score (nSPS) is 23.2. The molecule has 0 N–H and O–H groups in total. The summed E-state index contributed by atoms with van der Waals surface area (Å²) in [5.74, 6) is -1.49. The first-order chi connectivity index (χ1) is 9.06. The number of rotatable bonds is 3. The third-order valence-corrected chi connectivity index (χ3v) is 5.54. The number of carbonyl (C=O) groups is 1. The first kappa shape index (κ1) is 13.7. The molecule has 0 radical (unpaired) electrons. The predicted molar refractivity (Wildman–Crippen MR) is 69.0 cm³/mol. The Balaban J connectivity index is 2.30. The average molecular weight is 278 g/mol. The van der Waals surface area contributed by atoms with E-state index in [1.165, 1.54) is 12.4 Å². The minimum absolute atomic E-state index is 0.0396. The molecule has 100 valence electrons. The van der Waals surface area contributed by atoms with Crippen LogP contribution in [-0.4, -0.2) is 30.2 Å². The molecule has 1 fully saturated rings. The summed E-state index contributed by atoms with van der Waals surface area (Å²) in [7, 11) is -3.40. The van der Waals surface area contributed by atoms with Gasteiger partial charge in [-0.2, -0.15) is 5.26 Å². The van der Waals surface area contributed by atoms with Gasteiger partial charge in [0.05, 0.1) is 11.8 Å². The van der Waals surface area contributed by atoms with Crippen LogP contribution < -0.4 is 0 Å².